The molecule has 1 saturated heterocycles. The van der Waals surface area contributed by atoms with Crippen molar-refractivity contribution in [1.82, 2.24) is 4.90 Å². The van der Waals surface area contributed by atoms with Gasteiger partial charge in [-0.05, 0) is 37.6 Å². The molecule has 0 spiro atoms. The van der Waals surface area contributed by atoms with Crippen LogP contribution in [0.15, 0.2) is 18.2 Å². The second-order valence-electron chi connectivity index (χ2n) is 4.79. The van der Waals surface area contributed by atoms with E-state index < -0.39 is 11.6 Å². The van der Waals surface area contributed by atoms with Gasteiger partial charge in [-0.1, -0.05) is 0 Å². The highest BCUT2D eigenvalue weighted by atomic mass is 19.2. The molecule has 19 heavy (non-hydrogen) atoms. The van der Waals surface area contributed by atoms with E-state index in [1.54, 1.807) is 7.11 Å². The Morgan fingerprint density at radius 2 is 2.21 bits per heavy atom. The summed E-state index contributed by atoms with van der Waals surface area (Å²) in [5.41, 5.74) is 0.207. The molecule has 0 aliphatic carbocycles. The van der Waals surface area contributed by atoms with E-state index in [2.05, 4.69) is 0 Å². The van der Waals surface area contributed by atoms with Gasteiger partial charge in [-0.15, -0.1) is 0 Å². The molecule has 1 atom stereocenters. The van der Waals surface area contributed by atoms with E-state index in [4.69, 9.17) is 4.74 Å². The summed E-state index contributed by atoms with van der Waals surface area (Å²) in [6.45, 7) is 1.74. The van der Waals surface area contributed by atoms with E-state index in [0.29, 0.717) is 6.54 Å². The summed E-state index contributed by atoms with van der Waals surface area (Å²) < 4.78 is 31.2. The van der Waals surface area contributed by atoms with Crippen LogP contribution in [0.1, 0.15) is 23.2 Å². The zero-order valence-electron chi connectivity index (χ0n) is 10.9. The average molecular weight is 269 g/mol. The van der Waals surface area contributed by atoms with Crippen LogP contribution in [0.25, 0.3) is 0 Å². The quantitative estimate of drug-likeness (QED) is 0.785. The number of piperidine rings is 1. The Hall–Kier alpha value is -1.33. The van der Waals surface area contributed by atoms with Gasteiger partial charge < -0.3 is 4.74 Å². The Bertz CT molecular complexity index is 465. The normalized spacial score (nSPS) is 20.5. The van der Waals surface area contributed by atoms with Crippen LogP contribution in [0.2, 0.25) is 0 Å². The molecule has 2 rings (SSSR count). The van der Waals surface area contributed by atoms with Gasteiger partial charge in [0.05, 0.1) is 12.6 Å². The number of Topliss-reactive ketones (excluding diaryl/α,β-unsaturated/α-hetero) is 1. The summed E-state index contributed by atoms with van der Waals surface area (Å²) in [4.78, 5) is 14.0. The average Bonchev–Trinajstić information content (AvgIpc) is 2.42. The van der Waals surface area contributed by atoms with Crippen molar-refractivity contribution in [3.63, 3.8) is 0 Å². The first kappa shape index (κ1) is 14.1. The van der Waals surface area contributed by atoms with Gasteiger partial charge in [0.1, 0.15) is 0 Å². The number of carbonyl (C=O) groups is 1. The Labute approximate surface area is 111 Å². The standard InChI is InChI=1S/C14H17F2NO2/c1-19-11-3-2-6-17(8-11)9-14(18)10-4-5-12(15)13(16)7-10/h4-5,7,11H,2-3,6,8-9H2,1H3. The molecule has 1 aliphatic rings. The maximum Gasteiger partial charge on any atom is 0.176 e. The molecular formula is C14H17F2NO2. The van der Waals surface area contributed by atoms with Crippen molar-refractivity contribution in [3.8, 4) is 0 Å². The molecule has 5 heteroatoms. The second kappa shape index (κ2) is 6.21. The van der Waals surface area contributed by atoms with E-state index in [1.165, 1.54) is 6.07 Å². The number of likely N-dealkylation sites (tertiary alicyclic amines) is 1. The Balaban J connectivity index is 1.98. The summed E-state index contributed by atoms with van der Waals surface area (Å²) in [5, 5.41) is 0. The molecule has 3 nitrogen and oxygen atoms in total. The molecule has 104 valence electrons. The van der Waals surface area contributed by atoms with Gasteiger partial charge in [-0.25, -0.2) is 8.78 Å². The summed E-state index contributed by atoms with van der Waals surface area (Å²) in [6.07, 6.45) is 2.11. The molecule has 0 N–H and O–H groups in total. The molecule has 1 aliphatic heterocycles. The number of methoxy groups -OCH3 is 1. The van der Waals surface area contributed by atoms with Crippen LogP contribution in [0, 0.1) is 11.6 Å². The molecule has 1 heterocycles. The number of carbonyl (C=O) groups excluding carboxylic acids is 1. The lowest BCUT2D eigenvalue weighted by atomic mass is 10.1. The fourth-order valence-electron chi connectivity index (χ4n) is 2.31. The van der Waals surface area contributed by atoms with Crippen molar-refractivity contribution in [3.05, 3.63) is 35.4 Å². The lowest BCUT2D eigenvalue weighted by molar-refractivity contribution is 0.0314. The molecule has 0 bridgehead atoms. The van der Waals surface area contributed by atoms with Crippen LogP contribution >= 0.6 is 0 Å². The van der Waals surface area contributed by atoms with Gasteiger partial charge in [0.2, 0.25) is 0 Å². The fraction of sp³-hybridized carbons (Fsp3) is 0.500. The van der Waals surface area contributed by atoms with Crippen LogP contribution in [0.4, 0.5) is 8.78 Å². The fourth-order valence-corrected chi connectivity index (χ4v) is 2.31. The molecule has 0 radical (unpaired) electrons. The number of nitrogens with zero attached hydrogens (tertiary/aromatic N) is 1. The third-order valence-corrected chi connectivity index (χ3v) is 3.40. The summed E-state index contributed by atoms with van der Waals surface area (Å²) in [5.74, 6) is -2.12. The van der Waals surface area contributed by atoms with Gasteiger partial charge in [0, 0.05) is 19.2 Å². The Morgan fingerprint density at radius 1 is 1.42 bits per heavy atom. The predicted octanol–water partition coefficient (Wildman–Crippen LogP) is 2.26. The lowest BCUT2D eigenvalue weighted by Gasteiger charge is -2.31. The predicted molar refractivity (Wildman–Crippen MR) is 67.2 cm³/mol. The van der Waals surface area contributed by atoms with Crippen LogP contribution < -0.4 is 0 Å². The minimum Gasteiger partial charge on any atom is -0.380 e. The molecule has 1 unspecified atom stereocenters. The molecule has 1 fully saturated rings. The smallest absolute Gasteiger partial charge is 0.176 e. The summed E-state index contributed by atoms with van der Waals surface area (Å²) in [7, 11) is 1.66. The first-order chi connectivity index (χ1) is 9.10. The highest BCUT2D eigenvalue weighted by Crippen LogP contribution is 2.14. The van der Waals surface area contributed by atoms with Gasteiger partial charge in [-0.3, -0.25) is 9.69 Å². The van der Waals surface area contributed by atoms with Crippen molar-refractivity contribution in [2.24, 2.45) is 0 Å². The highest BCUT2D eigenvalue weighted by molar-refractivity contribution is 5.97. The molecule has 0 saturated carbocycles. The van der Waals surface area contributed by atoms with Crippen LogP contribution in [0.3, 0.4) is 0 Å². The third kappa shape index (κ3) is 3.58. The molecule has 0 aromatic heterocycles. The molecule has 1 aromatic rings. The molecular weight excluding hydrogens is 252 g/mol. The highest BCUT2D eigenvalue weighted by Gasteiger charge is 2.22. The number of benzene rings is 1. The summed E-state index contributed by atoms with van der Waals surface area (Å²) in [6, 6.07) is 3.25. The largest absolute Gasteiger partial charge is 0.380 e. The monoisotopic (exact) mass is 269 g/mol. The van der Waals surface area contributed by atoms with Crippen molar-refractivity contribution >= 4 is 5.78 Å². The second-order valence-corrected chi connectivity index (χ2v) is 4.79. The van der Waals surface area contributed by atoms with E-state index in [-0.39, 0.29) is 24.0 Å². The minimum atomic E-state index is -0.987. The van der Waals surface area contributed by atoms with Crippen molar-refractivity contribution in [2.75, 3.05) is 26.7 Å². The Kier molecular flexibility index (Phi) is 4.61. The van der Waals surface area contributed by atoms with Crippen molar-refractivity contribution in [1.29, 1.82) is 0 Å². The SMILES string of the molecule is COC1CCCN(CC(=O)c2ccc(F)c(F)c2)C1. The van der Waals surface area contributed by atoms with E-state index in [0.717, 1.165) is 31.5 Å². The number of halogens is 2. The van der Waals surface area contributed by atoms with Gasteiger partial charge >= 0.3 is 0 Å². The lowest BCUT2D eigenvalue weighted by Crippen LogP contribution is -2.41. The maximum atomic E-state index is 13.1. The number of ketones is 1. The van der Waals surface area contributed by atoms with E-state index >= 15 is 0 Å². The zero-order valence-corrected chi connectivity index (χ0v) is 10.9. The van der Waals surface area contributed by atoms with Crippen LogP contribution in [-0.4, -0.2) is 43.5 Å². The van der Waals surface area contributed by atoms with E-state index in [1.807, 2.05) is 4.90 Å². The first-order valence-electron chi connectivity index (χ1n) is 6.33. The number of hydrogen-bond acceptors (Lipinski definition) is 3. The van der Waals surface area contributed by atoms with Crippen molar-refractivity contribution < 1.29 is 18.3 Å². The zero-order chi connectivity index (χ0) is 13.8. The van der Waals surface area contributed by atoms with Crippen LogP contribution in [-0.2, 0) is 4.74 Å². The number of ether oxygens (including phenoxy) is 1. The van der Waals surface area contributed by atoms with Gasteiger partial charge in [-0.2, -0.15) is 0 Å². The minimum absolute atomic E-state index is 0.145. The molecule has 1 aromatic carbocycles. The van der Waals surface area contributed by atoms with Crippen molar-refractivity contribution in [2.45, 2.75) is 18.9 Å². The molecule has 0 amide bonds. The van der Waals surface area contributed by atoms with Gasteiger partial charge in [0.15, 0.2) is 17.4 Å². The van der Waals surface area contributed by atoms with Crippen LogP contribution in [0.5, 0.6) is 0 Å². The third-order valence-electron chi connectivity index (χ3n) is 3.40. The van der Waals surface area contributed by atoms with Gasteiger partial charge in [0.25, 0.3) is 0 Å². The topological polar surface area (TPSA) is 29.5 Å². The van der Waals surface area contributed by atoms with E-state index in [9.17, 15) is 13.6 Å². The summed E-state index contributed by atoms with van der Waals surface area (Å²) >= 11 is 0. The maximum absolute atomic E-state index is 13.1. The first-order valence-corrected chi connectivity index (χ1v) is 6.33. The number of hydrogen-bond donors (Lipinski definition) is 0. The number of rotatable bonds is 4. The Morgan fingerprint density at radius 3 is 2.89 bits per heavy atom.